The zero-order valence-corrected chi connectivity index (χ0v) is 12.2. The molecule has 2 heterocycles. The molecule has 110 valence electrons. The highest BCUT2D eigenvalue weighted by Gasteiger charge is 2.47. The van der Waals surface area contributed by atoms with Crippen molar-refractivity contribution in [1.29, 1.82) is 0 Å². The van der Waals surface area contributed by atoms with Crippen LogP contribution in [0.4, 0.5) is 0 Å². The van der Waals surface area contributed by atoms with Gasteiger partial charge in [0, 0.05) is 25.2 Å². The van der Waals surface area contributed by atoms with Crippen molar-refractivity contribution in [1.82, 2.24) is 30.4 Å². The van der Waals surface area contributed by atoms with E-state index in [4.69, 9.17) is 0 Å². The molecule has 4 rings (SSSR count). The molecule has 2 fully saturated rings. The number of aryl methyl sites for hydroxylation is 1. The van der Waals surface area contributed by atoms with E-state index in [-0.39, 0.29) is 6.04 Å². The van der Waals surface area contributed by atoms with E-state index in [9.17, 15) is 0 Å². The third-order valence-corrected chi connectivity index (χ3v) is 4.51. The van der Waals surface area contributed by atoms with Gasteiger partial charge in [0.05, 0.1) is 13.1 Å². The highest BCUT2D eigenvalue weighted by molar-refractivity contribution is 5.25. The molecule has 0 amide bonds. The summed E-state index contributed by atoms with van der Waals surface area (Å²) in [5, 5.41) is 16.4. The minimum Gasteiger partial charge on any atom is -0.309 e. The summed E-state index contributed by atoms with van der Waals surface area (Å²) in [7, 11) is 1.82. The molecule has 1 saturated carbocycles. The molecule has 1 aromatic carbocycles. The highest BCUT2D eigenvalue weighted by Crippen LogP contribution is 2.40. The van der Waals surface area contributed by atoms with Crippen LogP contribution in [0.2, 0.25) is 0 Å². The van der Waals surface area contributed by atoms with Crippen molar-refractivity contribution in [3.63, 3.8) is 0 Å². The van der Waals surface area contributed by atoms with Crippen LogP contribution in [0.25, 0.3) is 0 Å². The first-order valence-electron chi connectivity index (χ1n) is 7.54. The SMILES string of the molecule is Cn1nnc(C(c2ccccc2)N2CCNC3(CC3)C2)n1. The second-order valence-corrected chi connectivity index (χ2v) is 6.13. The van der Waals surface area contributed by atoms with Crippen LogP contribution in [0, 0.1) is 0 Å². The van der Waals surface area contributed by atoms with Crippen molar-refractivity contribution in [2.75, 3.05) is 19.6 Å². The molecule has 1 aliphatic heterocycles. The van der Waals surface area contributed by atoms with Crippen molar-refractivity contribution in [3.05, 3.63) is 41.7 Å². The van der Waals surface area contributed by atoms with E-state index in [1.165, 1.54) is 18.4 Å². The first-order chi connectivity index (χ1) is 10.3. The maximum absolute atomic E-state index is 4.46. The molecule has 1 unspecified atom stereocenters. The number of nitrogens with zero attached hydrogens (tertiary/aromatic N) is 5. The summed E-state index contributed by atoms with van der Waals surface area (Å²) in [5.74, 6) is 0.793. The molecule has 0 radical (unpaired) electrons. The van der Waals surface area contributed by atoms with Gasteiger partial charge in [0.25, 0.3) is 0 Å². The summed E-state index contributed by atoms with van der Waals surface area (Å²) in [5.41, 5.74) is 1.58. The lowest BCUT2D eigenvalue weighted by Crippen LogP contribution is -2.53. The number of hydrogen-bond acceptors (Lipinski definition) is 5. The molecule has 1 N–H and O–H groups in total. The topological polar surface area (TPSA) is 58.9 Å². The Hall–Kier alpha value is -1.79. The third-order valence-electron chi connectivity index (χ3n) is 4.51. The number of aromatic nitrogens is 4. The molecule has 1 saturated heterocycles. The summed E-state index contributed by atoms with van der Waals surface area (Å²) >= 11 is 0. The molecule has 1 aromatic heterocycles. The Balaban J connectivity index is 1.69. The van der Waals surface area contributed by atoms with Gasteiger partial charge in [-0.15, -0.1) is 10.2 Å². The second kappa shape index (κ2) is 4.89. The van der Waals surface area contributed by atoms with Gasteiger partial charge in [-0.3, -0.25) is 4.90 Å². The number of hydrogen-bond donors (Lipinski definition) is 1. The predicted octanol–water partition coefficient (Wildman–Crippen LogP) is 0.737. The van der Waals surface area contributed by atoms with Crippen molar-refractivity contribution >= 4 is 0 Å². The van der Waals surface area contributed by atoms with Crippen LogP contribution < -0.4 is 5.32 Å². The average molecular weight is 284 g/mol. The van der Waals surface area contributed by atoms with Gasteiger partial charge in [0.15, 0.2) is 5.82 Å². The lowest BCUT2D eigenvalue weighted by atomic mass is 10.0. The summed E-state index contributed by atoms with van der Waals surface area (Å²) in [6.07, 6.45) is 2.55. The van der Waals surface area contributed by atoms with Crippen LogP contribution >= 0.6 is 0 Å². The Morgan fingerprint density at radius 2 is 2.05 bits per heavy atom. The van der Waals surface area contributed by atoms with Crippen LogP contribution in [-0.4, -0.2) is 50.3 Å². The van der Waals surface area contributed by atoms with E-state index in [1.54, 1.807) is 4.80 Å². The Labute approximate surface area is 124 Å². The molecular formula is C15H20N6. The van der Waals surface area contributed by atoms with E-state index < -0.39 is 0 Å². The highest BCUT2D eigenvalue weighted by atomic mass is 15.6. The molecule has 2 aromatic rings. The number of piperazine rings is 1. The molecule has 1 atom stereocenters. The fourth-order valence-electron chi connectivity index (χ4n) is 3.26. The van der Waals surface area contributed by atoms with Gasteiger partial charge in [-0.25, -0.2) is 0 Å². The monoisotopic (exact) mass is 284 g/mol. The molecule has 6 nitrogen and oxygen atoms in total. The smallest absolute Gasteiger partial charge is 0.196 e. The minimum absolute atomic E-state index is 0.0967. The predicted molar refractivity (Wildman–Crippen MR) is 78.6 cm³/mol. The van der Waals surface area contributed by atoms with Crippen LogP contribution in [0.5, 0.6) is 0 Å². The fraction of sp³-hybridized carbons (Fsp3) is 0.533. The molecule has 1 spiro atoms. The normalized spacial score (nSPS) is 22.3. The number of rotatable bonds is 3. The maximum Gasteiger partial charge on any atom is 0.196 e. The third kappa shape index (κ3) is 2.45. The van der Waals surface area contributed by atoms with E-state index in [0.29, 0.717) is 5.54 Å². The van der Waals surface area contributed by atoms with E-state index in [0.717, 1.165) is 25.5 Å². The van der Waals surface area contributed by atoms with Gasteiger partial charge in [-0.2, -0.15) is 4.80 Å². The molecule has 0 bridgehead atoms. The summed E-state index contributed by atoms with van der Waals surface area (Å²) in [6, 6.07) is 10.6. The zero-order chi connectivity index (χ0) is 14.3. The first kappa shape index (κ1) is 12.9. The largest absolute Gasteiger partial charge is 0.309 e. The Morgan fingerprint density at radius 1 is 1.24 bits per heavy atom. The molecule has 21 heavy (non-hydrogen) atoms. The lowest BCUT2D eigenvalue weighted by molar-refractivity contribution is 0.150. The van der Waals surface area contributed by atoms with Crippen molar-refractivity contribution in [3.8, 4) is 0 Å². The van der Waals surface area contributed by atoms with Crippen LogP contribution in [0.3, 0.4) is 0 Å². The van der Waals surface area contributed by atoms with Crippen LogP contribution in [-0.2, 0) is 7.05 Å². The second-order valence-electron chi connectivity index (χ2n) is 6.13. The van der Waals surface area contributed by atoms with E-state index >= 15 is 0 Å². The van der Waals surface area contributed by atoms with E-state index in [1.807, 2.05) is 13.1 Å². The summed E-state index contributed by atoms with van der Waals surface area (Å²) < 4.78 is 0. The maximum atomic E-state index is 4.46. The first-order valence-corrected chi connectivity index (χ1v) is 7.54. The van der Waals surface area contributed by atoms with Crippen molar-refractivity contribution in [2.45, 2.75) is 24.4 Å². The van der Waals surface area contributed by atoms with Gasteiger partial charge in [0.2, 0.25) is 0 Å². The molecule has 1 aliphatic carbocycles. The average Bonchev–Trinajstić information content (AvgIpc) is 3.10. The van der Waals surface area contributed by atoms with Crippen LogP contribution in [0.1, 0.15) is 30.3 Å². The zero-order valence-electron chi connectivity index (χ0n) is 12.2. The van der Waals surface area contributed by atoms with Gasteiger partial charge in [-0.1, -0.05) is 30.3 Å². The van der Waals surface area contributed by atoms with E-state index in [2.05, 4.69) is 49.9 Å². The van der Waals surface area contributed by atoms with Crippen LogP contribution in [0.15, 0.2) is 30.3 Å². The van der Waals surface area contributed by atoms with Gasteiger partial charge in [0.1, 0.15) is 0 Å². The fourth-order valence-corrected chi connectivity index (χ4v) is 3.26. The molecule has 2 aliphatic rings. The summed E-state index contributed by atoms with van der Waals surface area (Å²) in [6.45, 7) is 3.11. The van der Waals surface area contributed by atoms with Gasteiger partial charge >= 0.3 is 0 Å². The van der Waals surface area contributed by atoms with Gasteiger partial charge in [-0.05, 0) is 23.6 Å². The standard InChI is InChI=1S/C15H20N6/c1-20-18-14(17-19-20)13(12-5-3-2-4-6-12)21-10-9-16-15(11-21)7-8-15/h2-6,13,16H,7-11H2,1H3. The Morgan fingerprint density at radius 3 is 2.71 bits per heavy atom. The number of nitrogens with one attached hydrogen (secondary N) is 1. The number of tetrazole rings is 1. The van der Waals surface area contributed by atoms with Crippen molar-refractivity contribution < 1.29 is 0 Å². The molecule has 6 heteroatoms. The molecular weight excluding hydrogens is 264 g/mol. The Kier molecular flexibility index (Phi) is 3.01. The van der Waals surface area contributed by atoms with Crippen molar-refractivity contribution in [2.24, 2.45) is 7.05 Å². The minimum atomic E-state index is 0.0967. The Bertz CT molecular complexity index is 618. The van der Waals surface area contributed by atoms with Gasteiger partial charge < -0.3 is 5.32 Å². The summed E-state index contributed by atoms with van der Waals surface area (Å²) in [4.78, 5) is 4.04. The lowest BCUT2D eigenvalue weighted by Gasteiger charge is -2.38. The number of benzene rings is 1. The quantitative estimate of drug-likeness (QED) is 0.901.